The van der Waals surface area contributed by atoms with E-state index < -0.39 is 0 Å². The van der Waals surface area contributed by atoms with Gasteiger partial charge in [0.15, 0.2) is 5.75 Å². The van der Waals surface area contributed by atoms with Gasteiger partial charge in [-0.25, -0.2) is 4.98 Å². The van der Waals surface area contributed by atoms with Gasteiger partial charge in [0.25, 0.3) is 5.88 Å². The van der Waals surface area contributed by atoms with Crippen molar-refractivity contribution >= 4 is 28.9 Å². The van der Waals surface area contributed by atoms with E-state index in [-0.39, 0.29) is 11.8 Å². The Bertz CT molecular complexity index is 1200. The van der Waals surface area contributed by atoms with Crippen molar-refractivity contribution in [3.05, 3.63) is 67.4 Å². The first-order valence-corrected chi connectivity index (χ1v) is 12.1. The smallest absolute Gasteiger partial charge is 0.267 e. The number of rotatable bonds is 12. The zero-order valence-corrected chi connectivity index (χ0v) is 21.1. The van der Waals surface area contributed by atoms with Gasteiger partial charge in [-0.15, -0.1) is 0 Å². The molecule has 3 aromatic rings. The molecule has 0 spiro atoms. The van der Waals surface area contributed by atoms with Gasteiger partial charge < -0.3 is 35.1 Å². The van der Waals surface area contributed by atoms with Crippen LogP contribution in [0.3, 0.4) is 0 Å². The summed E-state index contributed by atoms with van der Waals surface area (Å²) in [7, 11) is 3.25. The van der Waals surface area contributed by atoms with Crippen LogP contribution >= 0.6 is 0 Å². The van der Waals surface area contributed by atoms with Crippen LogP contribution in [-0.4, -0.2) is 62.4 Å². The van der Waals surface area contributed by atoms with Gasteiger partial charge in [-0.3, -0.25) is 4.79 Å². The fraction of sp³-hybridized carbons (Fsp3) is 0.296. The first-order chi connectivity index (χ1) is 18.1. The molecule has 2 heterocycles. The Labute approximate surface area is 216 Å². The van der Waals surface area contributed by atoms with E-state index in [4.69, 9.17) is 14.2 Å². The van der Waals surface area contributed by atoms with E-state index in [0.717, 1.165) is 37.4 Å². The lowest BCUT2D eigenvalue weighted by Crippen LogP contribution is -2.39. The molecule has 2 aromatic carbocycles. The van der Waals surface area contributed by atoms with Crippen LogP contribution in [0, 0.1) is 0 Å². The van der Waals surface area contributed by atoms with Gasteiger partial charge in [0.05, 0.1) is 19.9 Å². The van der Waals surface area contributed by atoms with Crippen LogP contribution in [0.1, 0.15) is 6.42 Å². The molecule has 1 aliphatic heterocycles. The number of hydrogen-bond acceptors (Lipinski definition) is 9. The number of methoxy groups -OCH3 is 2. The first kappa shape index (κ1) is 25.9. The summed E-state index contributed by atoms with van der Waals surface area (Å²) in [6.45, 7) is 6.96. The van der Waals surface area contributed by atoms with Crippen molar-refractivity contribution < 1.29 is 19.0 Å². The van der Waals surface area contributed by atoms with Gasteiger partial charge in [0, 0.05) is 49.4 Å². The second-order valence-corrected chi connectivity index (χ2v) is 8.40. The van der Waals surface area contributed by atoms with Crippen molar-refractivity contribution in [3.63, 3.8) is 0 Å². The molecule has 37 heavy (non-hydrogen) atoms. The average molecular weight is 505 g/mol. The molecular formula is C27H32N6O4. The number of aromatic nitrogens is 2. The Balaban J connectivity index is 1.48. The molecule has 1 fully saturated rings. The third-order valence-electron chi connectivity index (χ3n) is 5.91. The van der Waals surface area contributed by atoms with Gasteiger partial charge in [-0.05, 0) is 55.4 Å². The summed E-state index contributed by atoms with van der Waals surface area (Å²) in [5, 5.41) is 9.36. The van der Waals surface area contributed by atoms with Crippen molar-refractivity contribution in [2.45, 2.75) is 12.5 Å². The number of anilines is 4. The van der Waals surface area contributed by atoms with E-state index >= 15 is 0 Å². The summed E-state index contributed by atoms with van der Waals surface area (Å²) in [6, 6.07) is 15.6. The average Bonchev–Trinajstić information content (AvgIpc) is 3.45. The van der Waals surface area contributed by atoms with Crippen LogP contribution < -0.4 is 30.3 Å². The second kappa shape index (κ2) is 12.7. The molecule has 0 bridgehead atoms. The summed E-state index contributed by atoms with van der Waals surface area (Å²) in [6.07, 6.45) is 3.85. The Morgan fingerprint density at radius 1 is 1.22 bits per heavy atom. The molecular weight excluding hydrogens is 472 g/mol. The lowest BCUT2D eigenvalue weighted by atomic mass is 10.1. The fourth-order valence-corrected chi connectivity index (χ4v) is 4.05. The normalized spacial score (nSPS) is 14.6. The summed E-state index contributed by atoms with van der Waals surface area (Å²) < 4.78 is 16.7. The number of benzene rings is 2. The zero-order chi connectivity index (χ0) is 26.0. The highest BCUT2D eigenvalue weighted by Crippen LogP contribution is 2.31. The maximum atomic E-state index is 11.6. The monoisotopic (exact) mass is 504 g/mol. The topological polar surface area (TPSA) is 110 Å². The highest BCUT2D eigenvalue weighted by atomic mass is 16.5. The number of carbonyl (C=O) groups excluding carboxylic acids is 1. The summed E-state index contributed by atoms with van der Waals surface area (Å²) in [5.41, 5.74) is 2.55. The van der Waals surface area contributed by atoms with Crippen LogP contribution in [-0.2, 0) is 9.53 Å². The summed E-state index contributed by atoms with van der Waals surface area (Å²) in [4.78, 5) is 22.8. The quantitative estimate of drug-likeness (QED) is 0.316. The van der Waals surface area contributed by atoms with Gasteiger partial charge in [-0.2, -0.15) is 4.98 Å². The molecule has 1 atom stereocenters. The molecule has 0 saturated carbocycles. The predicted octanol–water partition coefficient (Wildman–Crippen LogP) is 3.96. The van der Waals surface area contributed by atoms with E-state index in [9.17, 15) is 4.79 Å². The molecule has 10 nitrogen and oxygen atoms in total. The maximum absolute atomic E-state index is 11.6. The molecule has 194 valence electrons. The molecule has 0 aliphatic carbocycles. The third-order valence-corrected chi connectivity index (χ3v) is 5.91. The SMILES string of the molecule is C=CC(=O)Nc1cccc(Oc2nc(Nc3ccc(N(CCOC)C4CCNC4)cc3)ncc2OC)c1. The number of nitrogens with zero attached hydrogens (tertiary/aromatic N) is 3. The molecule has 1 amide bonds. The van der Waals surface area contributed by atoms with Crippen LogP contribution in [0.15, 0.2) is 67.4 Å². The maximum Gasteiger partial charge on any atom is 0.267 e. The molecule has 1 aromatic heterocycles. The van der Waals surface area contributed by atoms with Gasteiger partial charge >= 0.3 is 0 Å². The van der Waals surface area contributed by atoms with Gasteiger partial charge in [0.1, 0.15) is 5.75 Å². The number of carbonyl (C=O) groups is 1. The number of nitrogens with one attached hydrogen (secondary N) is 3. The highest BCUT2D eigenvalue weighted by molar-refractivity contribution is 5.98. The zero-order valence-electron chi connectivity index (χ0n) is 21.1. The van der Waals surface area contributed by atoms with Crippen molar-refractivity contribution in [1.82, 2.24) is 15.3 Å². The number of amides is 1. The number of hydrogen-bond donors (Lipinski definition) is 3. The van der Waals surface area contributed by atoms with Crippen molar-refractivity contribution in [1.29, 1.82) is 0 Å². The van der Waals surface area contributed by atoms with E-state index in [2.05, 4.69) is 49.5 Å². The Kier molecular flexibility index (Phi) is 8.90. The van der Waals surface area contributed by atoms with E-state index in [1.165, 1.54) is 13.2 Å². The minimum absolute atomic E-state index is 0.239. The van der Waals surface area contributed by atoms with Crippen LogP contribution in [0.25, 0.3) is 0 Å². The van der Waals surface area contributed by atoms with Gasteiger partial charge in [0.2, 0.25) is 11.9 Å². The standard InChI is InChI=1S/C27H32N6O4/c1-4-25(34)30-20-6-5-7-23(16-20)37-26-24(36-3)18-29-27(32-26)31-19-8-10-21(11-9-19)33(14-15-35-2)22-12-13-28-17-22/h4-11,16,18,22,28H,1,12-15,17H2,2-3H3,(H,30,34)(H,29,31,32). The number of ether oxygens (including phenoxy) is 3. The highest BCUT2D eigenvalue weighted by Gasteiger charge is 2.22. The van der Waals surface area contributed by atoms with Crippen LogP contribution in [0.5, 0.6) is 17.4 Å². The van der Waals surface area contributed by atoms with Crippen molar-refractivity contribution in [2.75, 3.05) is 56.0 Å². The summed E-state index contributed by atoms with van der Waals surface area (Å²) in [5.74, 6) is 1.14. The third kappa shape index (κ3) is 6.96. The summed E-state index contributed by atoms with van der Waals surface area (Å²) >= 11 is 0. The molecule has 1 saturated heterocycles. The minimum atomic E-state index is -0.309. The van der Waals surface area contributed by atoms with E-state index in [1.807, 2.05) is 12.1 Å². The van der Waals surface area contributed by atoms with Crippen molar-refractivity contribution in [2.24, 2.45) is 0 Å². The first-order valence-electron chi connectivity index (χ1n) is 12.1. The lowest BCUT2D eigenvalue weighted by molar-refractivity contribution is -0.111. The van der Waals surface area contributed by atoms with Crippen LogP contribution in [0.4, 0.5) is 23.0 Å². The second-order valence-electron chi connectivity index (χ2n) is 8.40. The van der Waals surface area contributed by atoms with E-state index in [1.54, 1.807) is 37.6 Å². The molecule has 0 radical (unpaired) electrons. The Hall–Kier alpha value is -4.15. The van der Waals surface area contributed by atoms with E-state index in [0.29, 0.717) is 35.8 Å². The molecule has 1 unspecified atom stereocenters. The molecule has 4 rings (SSSR count). The minimum Gasteiger partial charge on any atom is -0.490 e. The molecule has 10 heteroatoms. The Morgan fingerprint density at radius 2 is 2.05 bits per heavy atom. The predicted molar refractivity (Wildman–Crippen MR) is 144 cm³/mol. The Morgan fingerprint density at radius 3 is 2.76 bits per heavy atom. The lowest BCUT2D eigenvalue weighted by Gasteiger charge is -2.30. The largest absolute Gasteiger partial charge is 0.490 e. The fourth-order valence-electron chi connectivity index (χ4n) is 4.05. The van der Waals surface area contributed by atoms with Gasteiger partial charge in [-0.1, -0.05) is 12.6 Å². The molecule has 3 N–H and O–H groups in total. The van der Waals surface area contributed by atoms with Crippen LogP contribution in [0.2, 0.25) is 0 Å². The molecule has 1 aliphatic rings. The van der Waals surface area contributed by atoms with Crippen molar-refractivity contribution in [3.8, 4) is 17.4 Å².